The summed E-state index contributed by atoms with van der Waals surface area (Å²) in [6, 6.07) is 5.31. The second kappa shape index (κ2) is 8.83. The molecule has 0 bridgehead atoms. The number of sulfonamides is 1. The molecule has 0 saturated carbocycles. The summed E-state index contributed by atoms with van der Waals surface area (Å²) in [6.45, 7) is 10.6. The molecule has 0 aliphatic carbocycles. The van der Waals surface area contributed by atoms with Gasteiger partial charge in [-0.1, -0.05) is 13.8 Å². The minimum Gasteiger partial charge on any atom is -0.347 e. The minimum absolute atomic E-state index is 0.176. The molecule has 3 rings (SSSR count). The van der Waals surface area contributed by atoms with Crippen molar-refractivity contribution in [1.82, 2.24) is 24.4 Å². The van der Waals surface area contributed by atoms with E-state index in [1.165, 1.54) is 15.6 Å². The third-order valence-electron chi connectivity index (χ3n) is 4.85. The van der Waals surface area contributed by atoms with E-state index in [0.29, 0.717) is 24.3 Å². The largest absolute Gasteiger partial charge is 0.347 e. The Kier molecular flexibility index (Phi) is 6.59. The Morgan fingerprint density at radius 1 is 1.27 bits per heavy atom. The molecule has 1 N–H and O–H groups in total. The highest BCUT2D eigenvalue weighted by Crippen LogP contribution is 2.25. The predicted octanol–water partition coefficient (Wildman–Crippen LogP) is 3.34. The molecule has 1 amide bonds. The van der Waals surface area contributed by atoms with E-state index in [2.05, 4.69) is 15.4 Å². The number of carbonyl (C=O) groups excluding carboxylic acids is 1. The standard InChI is InChI=1S/C20H27N5O3S2/c1-6-24(7-2)30(27,28)18-9-8-16(29-18)12-21-20(26)17-10-15-11-22-25(13(3)4)19(15)23-14(17)5/h8-11,13H,6-7,12H2,1-5H3,(H,21,26). The van der Waals surface area contributed by atoms with Crippen molar-refractivity contribution in [3.05, 3.63) is 40.5 Å². The summed E-state index contributed by atoms with van der Waals surface area (Å²) in [4.78, 5) is 18.1. The molecule has 0 aliphatic rings. The molecule has 10 heteroatoms. The maximum absolute atomic E-state index is 12.7. The lowest BCUT2D eigenvalue weighted by Crippen LogP contribution is -2.30. The van der Waals surface area contributed by atoms with Gasteiger partial charge in [-0.15, -0.1) is 11.3 Å². The normalized spacial score (nSPS) is 12.2. The Hall–Kier alpha value is -2.30. The van der Waals surface area contributed by atoms with E-state index < -0.39 is 10.0 Å². The number of aromatic nitrogens is 3. The molecule has 3 aromatic rings. The molecule has 3 heterocycles. The SMILES string of the molecule is CCN(CC)S(=O)(=O)c1ccc(CNC(=O)c2cc3cnn(C(C)C)c3nc2C)s1. The zero-order chi connectivity index (χ0) is 22.1. The molecule has 162 valence electrons. The van der Waals surface area contributed by atoms with Gasteiger partial charge in [0.15, 0.2) is 5.65 Å². The fourth-order valence-corrected chi connectivity index (χ4v) is 6.13. The molecule has 0 fully saturated rings. The number of fused-ring (bicyclic) bond motifs is 1. The number of pyridine rings is 1. The van der Waals surface area contributed by atoms with Crippen LogP contribution in [0.25, 0.3) is 11.0 Å². The fraction of sp³-hybridized carbons (Fsp3) is 0.450. The number of hydrogen-bond acceptors (Lipinski definition) is 6. The van der Waals surface area contributed by atoms with E-state index in [9.17, 15) is 13.2 Å². The van der Waals surface area contributed by atoms with Crippen LogP contribution in [-0.2, 0) is 16.6 Å². The number of nitrogens with zero attached hydrogens (tertiary/aromatic N) is 4. The van der Waals surface area contributed by atoms with Gasteiger partial charge in [0.2, 0.25) is 0 Å². The van der Waals surface area contributed by atoms with E-state index in [1.54, 1.807) is 31.3 Å². The van der Waals surface area contributed by atoms with Gasteiger partial charge in [-0.05, 0) is 39.0 Å². The number of hydrogen-bond donors (Lipinski definition) is 1. The van der Waals surface area contributed by atoms with Crippen molar-refractivity contribution >= 4 is 38.3 Å². The molecule has 3 aromatic heterocycles. The minimum atomic E-state index is -3.49. The lowest BCUT2D eigenvalue weighted by Gasteiger charge is -2.16. The van der Waals surface area contributed by atoms with Gasteiger partial charge in [-0.3, -0.25) is 4.79 Å². The molecule has 0 unspecified atom stereocenters. The average molecular weight is 450 g/mol. The van der Waals surface area contributed by atoms with Gasteiger partial charge < -0.3 is 5.32 Å². The topological polar surface area (TPSA) is 97.2 Å². The van der Waals surface area contributed by atoms with Gasteiger partial charge in [0.05, 0.1) is 24.0 Å². The fourth-order valence-electron chi connectivity index (χ4n) is 3.22. The van der Waals surface area contributed by atoms with Crippen LogP contribution in [0.1, 0.15) is 54.7 Å². The van der Waals surface area contributed by atoms with E-state index in [4.69, 9.17) is 0 Å². The second-order valence-corrected chi connectivity index (χ2v) is 10.5. The van der Waals surface area contributed by atoms with Crippen LogP contribution in [-0.4, -0.2) is 46.5 Å². The van der Waals surface area contributed by atoms with Gasteiger partial charge in [0, 0.05) is 29.4 Å². The molecular formula is C20H27N5O3S2. The van der Waals surface area contributed by atoms with Crippen molar-refractivity contribution in [1.29, 1.82) is 0 Å². The quantitative estimate of drug-likeness (QED) is 0.569. The van der Waals surface area contributed by atoms with Crippen molar-refractivity contribution in [2.45, 2.75) is 51.4 Å². The Bertz CT molecular complexity index is 1160. The number of thiophene rings is 1. The summed E-state index contributed by atoms with van der Waals surface area (Å²) in [6.07, 6.45) is 1.71. The summed E-state index contributed by atoms with van der Waals surface area (Å²) < 4.78 is 28.8. The van der Waals surface area contributed by atoms with Crippen LogP contribution < -0.4 is 5.32 Å². The summed E-state index contributed by atoms with van der Waals surface area (Å²) in [5, 5.41) is 8.02. The maximum Gasteiger partial charge on any atom is 0.253 e. The number of rotatable bonds is 8. The highest BCUT2D eigenvalue weighted by molar-refractivity contribution is 7.91. The highest BCUT2D eigenvalue weighted by atomic mass is 32.2. The van der Waals surface area contributed by atoms with E-state index in [0.717, 1.165) is 15.9 Å². The van der Waals surface area contributed by atoms with Crippen LogP contribution in [0.5, 0.6) is 0 Å². The third-order valence-corrected chi connectivity index (χ3v) is 8.46. The van der Waals surface area contributed by atoms with Gasteiger partial charge in [0.1, 0.15) is 4.21 Å². The molecule has 0 radical (unpaired) electrons. The van der Waals surface area contributed by atoms with Crippen LogP contribution in [0.3, 0.4) is 0 Å². The number of carbonyl (C=O) groups is 1. The zero-order valence-corrected chi connectivity index (χ0v) is 19.5. The number of nitrogens with one attached hydrogen (secondary N) is 1. The van der Waals surface area contributed by atoms with Crippen molar-refractivity contribution in [2.75, 3.05) is 13.1 Å². The molecule has 0 atom stereocenters. The lowest BCUT2D eigenvalue weighted by atomic mass is 10.1. The van der Waals surface area contributed by atoms with Crippen LogP contribution in [0.2, 0.25) is 0 Å². The molecule has 0 aromatic carbocycles. The van der Waals surface area contributed by atoms with E-state index >= 15 is 0 Å². The predicted molar refractivity (Wildman–Crippen MR) is 118 cm³/mol. The van der Waals surface area contributed by atoms with Crippen LogP contribution in [0.15, 0.2) is 28.6 Å². The third kappa shape index (κ3) is 4.26. The molecule has 30 heavy (non-hydrogen) atoms. The smallest absolute Gasteiger partial charge is 0.253 e. The number of amides is 1. The first-order chi connectivity index (χ1) is 14.2. The van der Waals surface area contributed by atoms with Crippen LogP contribution in [0, 0.1) is 6.92 Å². The van der Waals surface area contributed by atoms with Crippen LogP contribution >= 0.6 is 11.3 Å². The summed E-state index contributed by atoms with van der Waals surface area (Å²) in [5.41, 5.74) is 1.86. The van der Waals surface area contributed by atoms with E-state index in [-0.39, 0.29) is 22.7 Å². The zero-order valence-electron chi connectivity index (χ0n) is 17.8. The molecule has 0 saturated heterocycles. The lowest BCUT2D eigenvalue weighted by molar-refractivity contribution is 0.0950. The first-order valence-corrected chi connectivity index (χ1v) is 12.2. The first kappa shape index (κ1) is 22.4. The Balaban J connectivity index is 1.75. The molecular weight excluding hydrogens is 422 g/mol. The van der Waals surface area contributed by atoms with Crippen molar-refractivity contribution in [3.63, 3.8) is 0 Å². The summed E-state index contributed by atoms with van der Waals surface area (Å²) >= 11 is 1.18. The summed E-state index contributed by atoms with van der Waals surface area (Å²) in [7, 11) is -3.49. The molecule has 8 nitrogen and oxygen atoms in total. The van der Waals surface area contributed by atoms with Gasteiger partial charge >= 0.3 is 0 Å². The van der Waals surface area contributed by atoms with Gasteiger partial charge in [0.25, 0.3) is 15.9 Å². The van der Waals surface area contributed by atoms with Crippen LogP contribution in [0.4, 0.5) is 0 Å². The summed E-state index contributed by atoms with van der Waals surface area (Å²) in [5.74, 6) is -0.249. The van der Waals surface area contributed by atoms with Gasteiger partial charge in [-0.25, -0.2) is 18.1 Å². The highest BCUT2D eigenvalue weighted by Gasteiger charge is 2.23. The Labute approximate surface area is 181 Å². The second-order valence-electron chi connectivity index (χ2n) is 7.21. The van der Waals surface area contributed by atoms with E-state index in [1.807, 2.05) is 32.4 Å². The molecule has 0 aliphatic heterocycles. The molecule has 0 spiro atoms. The number of aryl methyl sites for hydroxylation is 1. The van der Waals surface area contributed by atoms with Crippen molar-refractivity contribution in [2.24, 2.45) is 0 Å². The Morgan fingerprint density at radius 2 is 1.97 bits per heavy atom. The average Bonchev–Trinajstić information content (AvgIpc) is 3.33. The van der Waals surface area contributed by atoms with Crippen molar-refractivity contribution in [3.8, 4) is 0 Å². The van der Waals surface area contributed by atoms with Crippen molar-refractivity contribution < 1.29 is 13.2 Å². The first-order valence-electron chi connectivity index (χ1n) is 9.90. The maximum atomic E-state index is 12.7. The van der Waals surface area contributed by atoms with Gasteiger partial charge in [-0.2, -0.15) is 9.40 Å². The monoisotopic (exact) mass is 449 g/mol. The Morgan fingerprint density at radius 3 is 2.60 bits per heavy atom.